The SMILES string of the molecule is CCOc1ccccc1NC(=S)NCc1cnn(CC)c1C. The standard InChI is InChI=1S/C16H22N4OS/c1-4-20-12(3)13(11-18-20)10-17-16(22)19-14-8-6-7-9-15(14)21-5-2/h6-9,11H,4-5,10H2,1-3H3,(H2,17,19,22). The van der Waals surface area contributed by atoms with Crippen LogP contribution in [-0.2, 0) is 13.1 Å². The molecule has 0 aliphatic carbocycles. The maximum atomic E-state index is 5.57. The fraction of sp³-hybridized carbons (Fsp3) is 0.375. The molecule has 2 N–H and O–H groups in total. The number of aromatic nitrogens is 2. The average Bonchev–Trinajstić information content (AvgIpc) is 2.87. The molecule has 1 heterocycles. The smallest absolute Gasteiger partial charge is 0.171 e. The normalized spacial score (nSPS) is 10.3. The fourth-order valence-electron chi connectivity index (χ4n) is 2.17. The lowest BCUT2D eigenvalue weighted by Crippen LogP contribution is -2.28. The van der Waals surface area contributed by atoms with Crippen molar-refractivity contribution in [3.63, 3.8) is 0 Å². The second-order valence-electron chi connectivity index (χ2n) is 4.81. The summed E-state index contributed by atoms with van der Waals surface area (Å²) < 4.78 is 7.54. The topological polar surface area (TPSA) is 51.1 Å². The summed E-state index contributed by atoms with van der Waals surface area (Å²) in [5.74, 6) is 0.795. The molecule has 0 fully saturated rings. The zero-order valence-corrected chi connectivity index (χ0v) is 14.0. The number of para-hydroxylation sites is 2. The lowest BCUT2D eigenvalue weighted by atomic mass is 10.2. The molecule has 0 unspecified atom stereocenters. The molecule has 0 radical (unpaired) electrons. The number of thiocarbonyl (C=S) groups is 1. The van der Waals surface area contributed by atoms with Crippen LogP contribution < -0.4 is 15.4 Å². The van der Waals surface area contributed by atoms with E-state index < -0.39 is 0 Å². The van der Waals surface area contributed by atoms with E-state index in [0.29, 0.717) is 18.3 Å². The van der Waals surface area contributed by atoms with Crippen LogP contribution in [0.25, 0.3) is 0 Å². The molecule has 0 saturated heterocycles. The third kappa shape index (κ3) is 3.98. The van der Waals surface area contributed by atoms with Crippen LogP contribution in [0.15, 0.2) is 30.5 Å². The lowest BCUT2D eigenvalue weighted by Gasteiger charge is -2.14. The van der Waals surface area contributed by atoms with Crippen molar-refractivity contribution in [3.8, 4) is 5.75 Å². The van der Waals surface area contributed by atoms with Gasteiger partial charge in [-0.2, -0.15) is 5.10 Å². The number of benzene rings is 1. The third-order valence-corrected chi connectivity index (χ3v) is 3.63. The molecule has 2 rings (SSSR count). The van der Waals surface area contributed by atoms with E-state index in [-0.39, 0.29) is 0 Å². The highest BCUT2D eigenvalue weighted by atomic mass is 32.1. The average molecular weight is 318 g/mol. The summed E-state index contributed by atoms with van der Waals surface area (Å²) in [6.45, 7) is 8.24. The zero-order valence-electron chi connectivity index (χ0n) is 13.2. The number of nitrogens with one attached hydrogen (secondary N) is 2. The van der Waals surface area contributed by atoms with Crippen LogP contribution in [0, 0.1) is 6.92 Å². The molecule has 6 heteroatoms. The van der Waals surface area contributed by atoms with E-state index in [0.717, 1.165) is 29.2 Å². The molecule has 0 bridgehead atoms. The quantitative estimate of drug-likeness (QED) is 0.802. The van der Waals surface area contributed by atoms with Crippen LogP contribution in [-0.4, -0.2) is 21.5 Å². The van der Waals surface area contributed by atoms with Crippen LogP contribution in [0.5, 0.6) is 5.75 Å². The van der Waals surface area contributed by atoms with Gasteiger partial charge < -0.3 is 15.4 Å². The van der Waals surface area contributed by atoms with Crippen molar-refractivity contribution in [1.29, 1.82) is 0 Å². The summed E-state index contributed by atoms with van der Waals surface area (Å²) in [4.78, 5) is 0. The van der Waals surface area contributed by atoms with Crippen molar-refractivity contribution in [2.24, 2.45) is 0 Å². The Bertz CT molecular complexity index is 639. The molecule has 1 aromatic heterocycles. The largest absolute Gasteiger partial charge is 0.492 e. The van der Waals surface area contributed by atoms with E-state index in [1.165, 1.54) is 0 Å². The lowest BCUT2D eigenvalue weighted by molar-refractivity contribution is 0.342. The zero-order chi connectivity index (χ0) is 15.9. The predicted octanol–water partition coefficient (Wildman–Crippen LogP) is 3.10. The third-order valence-electron chi connectivity index (χ3n) is 3.38. The van der Waals surface area contributed by atoms with Crippen LogP contribution in [0.3, 0.4) is 0 Å². The molecule has 2 aromatic rings. The van der Waals surface area contributed by atoms with Gasteiger partial charge in [0.05, 0.1) is 18.5 Å². The molecule has 22 heavy (non-hydrogen) atoms. The van der Waals surface area contributed by atoms with Crippen LogP contribution in [0.2, 0.25) is 0 Å². The first-order valence-electron chi connectivity index (χ1n) is 7.43. The predicted molar refractivity (Wildman–Crippen MR) is 93.3 cm³/mol. The second-order valence-corrected chi connectivity index (χ2v) is 5.22. The molecule has 0 atom stereocenters. The Morgan fingerprint density at radius 1 is 1.32 bits per heavy atom. The first kappa shape index (κ1) is 16.3. The summed E-state index contributed by atoms with van der Waals surface area (Å²) in [6, 6.07) is 7.75. The number of aryl methyl sites for hydroxylation is 1. The number of hydrogen-bond acceptors (Lipinski definition) is 3. The van der Waals surface area contributed by atoms with Gasteiger partial charge in [0.15, 0.2) is 5.11 Å². The number of ether oxygens (including phenoxy) is 1. The van der Waals surface area contributed by atoms with Crippen LogP contribution >= 0.6 is 12.2 Å². The number of anilines is 1. The Hall–Kier alpha value is -2.08. The van der Waals surface area contributed by atoms with Gasteiger partial charge in [0.2, 0.25) is 0 Å². The monoisotopic (exact) mass is 318 g/mol. The Morgan fingerprint density at radius 2 is 2.09 bits per heavy atom. The molecular weight excluding hydrogens is 296 g/mol. The molecule has 118 valence electrons. The van der Waals surface area contributed by atoms with E-state index in [4.69, 9.17) is 17.0 Å². The summed E-state index contributed by atoms with van der Waals surface area (Å²) in [5.41, 5.74) is 3.17. The first-order chi connectivity index (χ1) is 10.7. The van der Waals surface area contributed by atoms with Crippen molar-refractivity contribution < 1.29 is 4.74 Å². The number of rotatable bonds is 6. The summed E-state index contributed by atoms with van der Waals surface area (Å²) in [7, 11) is 0. The summed E-state index contributed by atoms with van der Waals surface area (Å²) in [6.07, 6.45) is 1.88. The number of hydrogen-bond donors (Lipinski definition) is 2. The van der Waals surface area contributed by atoms with Gasteiger partial charge in [0.1, 0.15) is 5.75 Å². The van der Waals surface area contributed by atoms with Crippen molar-refractivity contribution >= 4 is 23.0 Å². The molecule has 5 nitrogen and oxygen atoms in total. The highest BCUT2D eigenvalue weighted by Crippen LogP contribution is 2.23. The van der Waals surface area contributed by atoms with Gasteiger partial charge in [-0.25, -0.2) is 0 Å². The maximum Gasteiger partial charge on any atom is 0.171 e. The highest BCUT2D eigenvalue weighted by Gasteiger charge is 2.07. The van der Waals surface area contributed by atoms with Gasteiger partial charge in [-0.3, -0.25) is 4.68 Å². The van der Waals surface area contributed by atoms with E-state index in [2.05, 4.69) is 29.6 Å². The van der Waals surface area contributed by atoms with Crippen molar-refractivity contribution in [2.75, 3.05) is 11.9 Å². The highest BCUT2D eigenvalue weighted by molar-refractivity contribution is 7.80. The number of nitrogens with zero attached hydrogens (tertiary/aromatic N) is 2. The Balaban J connectivity index is 1.94. The molecule has 0 spiro atoms. The molecule has 0 saturated carbocycles. The van der Waals surface area contributed by atoms with E-state index in [1.54, 1.807) is 0 Å². The fourth-order valence-corrected chi connectivity index (χ4v) is 2.35. The van der Waals surface area contributed by atoms with E-state index in [9.17, 15) is 0 Å². The van der Waals surface area contributed by atoms with Gasteiger partial charge in [0.25, 0.3) is 0 Å². The molecule has 1 aromatic carbocycles. The molecule has 0 amide bonds. The van der Waals surface area contributed by atoms with E-state index in [1.807, 2.05) is 42.1 Å². The van der Waals surface area contributed by atoms with Gasteiger partial charge in [0, 0.05) is 24.3 Å². The second kappa shape index (κ2) is 7.79. The van der Waals surface area contributed by atoms with Crippen molar-refractivity contribution in [3.05, 3.63) is 41.7 Å². The molecular formula is C16H22N4OS. The van der Waals surface area contributed by atoms with Gasteiger partial charge in [-0.1, -0.05) is 12.1 Å². The molecule has 0 aliphatic rings. The first-order valence-corrected chi connectivity index (χ1v) is 7.84. The minimum absolute atomic E-state index is 0.566. The van der Waals surface area contributed by atoms with E-state index >= 15 is 0 Å². The molecule has 0 aliphatic heterocycles. The van der Waals surface area contributed by atoms with Crippen LogP contribution in [0.1, 0.15) is 25.1 Å². The van der Waals surface area contributed by atoms with Gasteiger partial charge in [-0.05, 0) is 45.1 Å². The minimum Gasteiger partial charge on any atom is -0.492 e. The summed E-state index contributed by atoms with van der Waals surface area (Å²) in [5, 5.41) is 11.3. The van der Waals surface area contributed by atoms with Gasteiger partial charge in [-0.15, -0.1) is 0 Å². The van der Waals surface area contributed by atoms with Gasteiger partial charge >= 0.3 is 0 Å². The van der Waals surface area contributed by atoms with Crippen molar-refractivity contribution in [2.45, 2.75) is 33.9 Å². The van der Waals surface area contributed by atoms with Crippen molar-refractivity contribution in [1.82, 2.24) is 15.1 Å². The van der Waals surface area contributed by atoms with Crippen LogP contribution in [0.4, 0.5) is 5.69 Å². The Morgan fingerprint density at radius 3 is 2.77 bits per heavy atom. The summed E-state index contributed by atoms with van der Waals surface area (Å²) >= 11 is 5.35. The Kier molecular flexibility index (Phi) is 5.77. The maximum absolute atomic E-state index is 5.57. The Labute approximate surface area is 136 Å². The minimum atomic E-state index is 0.566.